The molecule has 1 aromatic heterocycles. The number of carbonyl (C=O) groups excluding carboxylic acids is 1. The summed E-state index contributed by atoms with van der Waals surface area (Å²) >= 11 is 0. The molecule has 0 unspecified atom stereocenters. The largest absolute Gasteiger partial charge is 0.304 e. The van der Waals surface area contributed by atoms with Crippen molar-refractivity contribution in [3.05, 3.63) is 66.0 Å². The van der Waals surface area contributed by atoms with Crippen LogP contribution in [-0.4, -0.2) is 29.7 Å². The Kier molecular flexibility index (Phi) is 3.91. The van der Waals surface area contributed by atoms with Crippen LogP contribution in [0.5, 0.6) is 0 Å². The standard InChI is InChI=1S/C15H15N3O3S/c19-15-14(9-12-5-2-1-3-6-12)18(22(20,21)17-15)11-13-7-4-8-16-10-13/h1-8,10,14H,9,11H2,(H,17,19)/t14-/m0/s1. The van der Waals surface area contributed by atoms with Crippen molar-refractivity contribution >= 4 is 16.1 Å². The zero-order valence-corrected chi connectivity index (χ0v) is 12.5. The molecule has 1 atom stereocenters. The van der Waals surface area contributed by atoms with Crippen LogP contribution in [-0.2, 0) is 28.0 Å². The molecule has 0 aliphatic carbocycles. The van der Waals surface area contributed by atoms with Gasteiger partial charge in [-0.2, -0.15) is 12.7 Å². The summed E-state index contributed by atoms with van der Waals surface area (Å²) in [6.07, 6.45) is 3.55. The molecule has 0 spiro atoms. The highest BCUT2D eigenvalue weighted by Crippen LogP contribution is 2.21. The van der Waals surface area contributed by atoms with E-state index < -0.39 is 22.2 Å². The third kappa shape index (κ3) is 3.00. The summed E-state index contributed by atoms with van der Waals surface area (Å²) in [4.78, 5) is 16.0. The summed E-state index contributed by atoms with van der Waals surface area (Å²) in [7, 11) is -3.80. The van der Waals surface area contributed by atoms with Gasteiger partial charge in [-0.05, 0) is 23.6 Å². The van der Waals surface area contributed by atoms with E-state index >= 15 is 0 Å². The molecule has 1 aliphatic rings. The molecule has 22 heavy (non-hydrogen) atoms. The van der Waals surface area contributed by atoms with Crippen molar-refractivity contribution in [3.8, 4) is 0 Å². The van der Waals surface area contributed by atoms with Crippen molar-refractivity contribution < 1.29 is 13.2 Å². The van der Waals surface area contributed by atoms with E-state index in [1.165, 1.54) is 4.31 Å². The quantitative estimate of drug-likeness (QED) is 0.907. The first-order valence-corrected chi connectivity index (χ1v) is 8.26. The summed E-state index contributed by atoms with van der Waals surface area (Å²) in [5, 5.41) is 0. The third-order valence-corrected chi connectivity index (χ3v) is 4.98. The van der Waals surface area contributed by atoms with E-state index in [0.29, 0.717) is 6.42 Å². The van der Waals surface area contributed by atoms with Gasteiger partial charge >= 0.3 is 10.2 Å². The van der Waals surface area contributed by atoms with Gasteiger partial charge in [0.1, 0.15) is 6.04 Å². The summed E-state index contributed by atoms with van der Waals surface area (Å²) in [5.74, 6) is -0.493. The van der Waals surface area contributed by atoms with Crippen LogP contribution >= 0.6 is 0 Å². The van der Waals surface area contributed by atoms with Crippen molar-refractivity contribution in [2.24, 2.45) is 0 Å². The lowest BCUT2D eigenvalue weighted by atomic mass is 10.1. The van der Waals surface area contributed by atoms with E-state index in [2.05, 4.69) is 9.71 Å². The summed E-state index contributed by atoms with van der Waals surface area (Å²) in [5.41, 5.74) is 1.65. The van der Waals surface area contributed by atoms with Gasteiger partial charge in [-0.3, -0.25) is 9.78 Å². The van der Waals surface area contributed by atoms with Crippen LogP contribution in [0.25, 0.3) is 0 Å². The normalized spacial score (nSPS) is 20.7. The molecule has 1 fully saturated rings. The lowest BCUT2D eigenvalue weighted by Crippen LogP contribution is -2.36. The summed E-state index contributed by atoms with van der Waals surface area (Å²) < 4.78 is 27.6. The van der Waals surface area contributed by atoms with Crippen LogP contribution in [0, 0.1) is 0 Å². The van der Waals surface area contributed by atoms with Crippen LogP contribution in [0.4, 0.5) is 0 Å². The highest BCUT2D eigenvalue weighted by Gasteiger charge is 2.43. The Balaban J connectivity index is 1.87. The average molecular weight is 317 g/mol. The number of hydrogen-bond donors (Lipinski definition) is 1. The van der Waals surface area contributed by atoms with Gasteiger partial charge in [0, 0.05) is 18.9 Å². The molecule has 1 amide bonds. The average Bonchev–Trinajstić information content (AvgIpc) is 2.72. The maximum absolute atomic E-state index is 12.2. The first-order valence-electron chi connectivity index (χ1n) is 6.82. The van der Waals surface area contributed by atoms with E-state index in [1.807, 2.05) is 30.3 Å². The van der Waals surface area contributed by atoms with Crippen LogP contribution in [0.15, 0.2) is 54.9 Å². The van der Waals surface area contributed by atoms with Crippen LogP contribution < -0.4 is 4.72 Å². The van der Waals surface area contributed by atoms with Crippen molar-refractivity contribution in [2.45, 2.75) is 19.0 Å². The molecule has 0 radical (unpaired) electrons. The maximum Gasteiger partial charge on any atom is 0.304 e. The van der Waals surface area contributed by atoms with E-state index in [4.69, 9.17) is 0 Å². The van der Waals surface area contributed by atoms with Gasteiger partial charge in [-0.25, -0.2) is 4.72 Å². The fraction of sp³-hybridized carbons (Fsp3) is 0.200. The zero-order valence-electron chi connectivity index (χ0n) is 11.7. The predicted octanol–water partition coefficient (Wildman–Crippen LogP) is 0.869. The minimum atomic E-state index is -3.80. The Labute approximate surface area is 129 Å². The highest BCUT2D eigenvalue weighted by molar-refractivity contribution is 7.88. The lowest BCUT2D eigenvalue weighted by Gasteiger charge is -2.19. The topological polar surface area (TPSA) is 79.4 Å². The molecule has 1 aliphatic heterocycles. The van der Waals surface area contributed by atoms with E-state index in [1.54, 1.807) is 24.5 Å². The van der Waals surface area contributed by atoms with E-state index in [0.717, 1.165) is 11.1 Å². The molecule has 1 saturated heterocycles. The number of nitrogens with one attached hydrogen (secondary N) is 1. The van der Waals surface area contributed by atoms with Gasteiger partial charge < -0.3 is 0 Å². The number of benzene rings is 1. The first kappa shape index (κ1) is 14.7. The van der Waals surface area contributed by atoms with Gasteiger partial charge in [0.2, 0.25) is 0 Å². The molecule has 114 valence electrons. The Bertz CT molecular complexity index is 763. The Morgan fingerprint density at radius 3 is 2.50 bits per heavy atom. The number of rotatable bonds is 4. The molecule has 3 rings (SSSR count). The van der Waals surface area contributed by atoms with Crippen molar-refractivity contribution in [2.75, 3.05) is 0 Å². The van der Waals surface area contributed by atoms with Gasteiger partial charge in [0.25, 0.3) is 5.91 Å². The van der Waals surface area contributed by atoms with Gasteiger partial charge in [0.05, 0.1) is 0 Å². The fourth-order valence-corrected chi connectivity index (χ4v) is 3.78. The minimum absolute atomic E-state index is 0.117. The molecule has 0 saturated carbocycles. The van der Waals surface area contributed by atoms with Crippen LogP contribution in [0.2, 0.25) is 0 Å². The van der Waals surface area contributed by atoms with Gasteiger partial charge in [-0.15, -0.1) is 0 Å². The van der Waals surface area contributed by atoms with Crippen molar-refractivity contribution in [3.63, 3.8) is 0 Å². The second-order valence-corrected chi connectivity index (χ2v) is 6.71. The molecule has 7 heteroatoms. The number of pyridine rings is 1. The molecule has 6 nitrogen and oxygen atoms in total. The summed E-state index contributed by atoms with van der Waals surface area (Å²) in [6.45, 7) is 0.117. The summed E-state index contributed by atoms with van der Waals surface area (Å²) in [6, 6.07) is 12.1. The monoisotopic (exact) mass is 317 g/mol. The van der Waals surface area contributed by atoms with Crippen molar-refractivity contribution in [1.29, 1.82) is 0 Å². The molecule has 2 heterocycles. The Morgan fingerprint density at radius 2 is 1.82 bits per heavy atom. The van der Waals surface area contributed by atoms with E-state index in [9.17, 15) is 13.2 Å². The van der Waals surface area contributed by atoms with Crippen LogP contribution in [0.3, 0.4) is 0 Å². The molecular formula is C15H15N3O3S. The van der Waals surface area contributed by atoms with E-state index in [-0.39, 0.29) is 6.54 Å². The number of hydrogen-bond acceptors (Lipinski definition) is 4. The van der Waals surface area contributed by atoms with Gasteiger partial charge in [0.15, 0.2) is 0 Å². The maximum atomic E-state index is 12.2. The van der Waals surface area contributed by atoms with Crippen LogP contribution in [0.1, 0.15) is 11.1 Å². The lowest BCUT2D eigenvalue weighted by molar-refractivity contribution is -0.121. The number of aromatic nitrogens is 1. The second-order valence-electron chi connectivity index (χ2n) is 5.08. The molecular weight excluding hydrogens is 302 g/mol. The number of nitrogens with zero attached hydrogens (tertiary/aromatic N) is 2. The second kappa shape index (κ2) is 5.86. The fourth-order valence-electron chi connectivity index (χ4n) is 2.45. The molecule has 1 aromatic carbocycles. The zero-order chi connectivity index (χ0) is 15.6. The SMILES string of the molecule is O=C1NS(=O)(=O)N(Cc2cccnc2)[C@H]1Cc1ccccc1. The number of carbonyl (C=O) groups is 1. The third-order valence-electron chi connectivity index (χ3n) is 3.52. The first-order chi connectivity index (χ1) is 10.6. The number of amides is 1. The van der Waals surface area contributed by atoms with Gasteiger partial charge in [-0.1, -0.05) is 36.4 Å². The Morgan fingerprint density at radius 1 is 1.09 bits per heavy atom. The Hall–Kier alpha value is -2.25. The highest BCUT2D eigenvalue weighted by atomic mass is 32.2. The molecule has 0 bridgehead atoms. The van der Waals surface area contributed by atoms with Crippen molar-refractivity contribution in [1.82, 2.24) is 14.0 Å². The molecule has 1 N–H and O–H groups in total. The smallest absolute Gasteiger partial charge is 0.272 e. The molecule has 2 aromatic rings. The predicted molar refractivity (Wildman–Crippen MR) is 80.8 cm³/mol. The minimum Gasteiger partial charge on any atom is -0.272 e.